The SMILES string of the molecule is N#Cc1cc(-c2cccc3ccccc23)on1. The molecule has 3 rings (SSSR count). The van der Waals surface area contributed by atoms with E-state index < -0.39 is 0 Å². The van der Waals surface area contributed by atoms with Gasteiger partial charge in [-0.1, -0.05) is 47.6 Å². The Hall–Kier alpha value is -2.60. The minimum absolute atomic E-state index is 0.299. The van der Waals surface area contributed by atoms with Crippen LogP contribution in [0.5, 0.6) is 0 Å². The van der Waals surface area contributed by atoms with Crippen molar-refractivity contribution < 1.29 is 4.52 Å². The zero-order chi connectivity index (χ0) is 11.7. The zero-order valence-electron chi connectivity index (χ0n) is 8.92. The van der Waals surface area contributed by atoms with Crippen LogP contribution in [0.1, 0.15) is 5.69 Å². The van der Waals surface area contributed by atoms with Crippen molar-refractivity contribution in [3.8, 4) is 17.4 Å². The molecule has 0 aliphatic carbocycles. The van der Waals surface area contributed by atoms with Crippen molar-refractivity contribution in [3.05, 3.63) is 54.2 Å². The van der Waals surface area contributed by atoms with E-state index in [1.165, 1.54) is 0 Å². The lowest BCUT2D eigenvalue weighted by molar-refractivity contribution is 0.430. The van der Waals surface area contributed by atoms with Crippen molar-refractivity contribution in [2.75, 3.05) is 0 Å². The minimum Gasteiger partial charge on any atom is -0.355 e. The molecule has 0 saturated carbocycles. The summed E-state index contributed by atoms with van der Waals surface area (Å²) < 4.78 is 5.18. The standard InChI is InChI=1S/C14H8N2O/c15-9-11-8-14(17-16-11)13-7-3-5-10-4-1-2-6-12(10)13/h1-8H. The molecule has 0 unspecified atom stereocenters. The van der Waals surface area contributed by atoms with Crippen LogP contribution in [0, 0.1) is 11.3 Å². The topological polar surface area (TPSA) is 49.8 Å². The molecule has 0 saturated heterocycles. The van der Waals surface area contributed by atoms with Crippen LogP contribution < -0.4 is 0 Å². The van der Waals surface area contributed by atoms with Crippen LogP contribution in [0.3, 0.4) is 0 Å². The lowest BCUT2D eigenvalue weighted by Crippen LogP contribution is -1.78. The number of aromatic nitrogens is 1. The number of rotatable bonds is 1. The third-order valence-corrected chi connectivity index (χ3v) is 2.68. The maximum absolute atomic E-state index is 8.74. The van der Waals surface area contributed by atoms with Crippen LogP contribution in [0.4, 0.5) is 0 Å². The quantitative estimate of drug-likeness (QED) is 0.631. The Labute approximate surface area is 97.9 Å². The Kier molecular flexibility index (Phi) is 2.13. The predicted octanol–water partition coefficient (Wildman–Crippen LogP) is 3.37. The van der Waals surface area contributed by atoms with E-state index in [1.54, 1.807) is 6.07 Å². The van der Waals surface area contributed by atoms with Crippen molar-refractivity contribution in [2.45, 2.75) is 0 Å². The van der Waals surface area contributed by atoms with Crippen LogP contribution in [-0.4, -0.2) is 5.16 Å². The van der Waals surface area contributed by atoms with Gasteiger partial charge in [-0.05, 0) is 10.8 Å². The molecule has 0 atom stereocenters. The largest absolute Gasteiger partial charge is 0.355 e. The van der Waals surface area contributed by atoms with E-state index in [9.17, 15) is 0 Å². The van der Waals surface area contributed by atoms with Crippen LogP contribution in [0.15, 0.2) is 53.1 Å². The fourth-order valence-electron chi connectivity index (χ4n) is 1.90. The van der Waals surface area contributed by atoms with Crippen LogP contribution in [-0.2, 0) is 0 Å². The first-order chi connectivity index (χ1) is 8.38. The normalized spacial score (nSPS) is 10.3. The van der Waals surface area contributed by atoms with Gasteiger partial charge in [0.05, 0.1) is 0 Å². The van der Waals surface area contributed by atoms with Gasteiger partial charge in [-0.2, -0.15) is 5.26 Å². The summed E-state index contributed by atoms with van der Waals surface area (Å²) in [6.45, 7) is 0. The van der Waals surface area contributed by atoms with E-state index in [1.807, 2.05) is 48.5 Å². The summed E-state index contributed by atoms with van der Waals surface area (Å²) in [6, 6.07) is 17.6. The number of hydrogen-bond donors (Lipinski definition) is 0. The molecule has 17 heavy (non-hydrogen) atoms. The summed E-state index contributed by atoms with van der Waals surface area (Å²) in [5.74, 6) is 0.623. The van der Waals surface area contributed by atoms with Crippen LogP contribution >= 0.6 is 0 Å². The zero-order valence-corrected chi connectivity index (χ0v) is 8.92. The van der Waals surface area contributed by atoms with Gasteiger partial charge >= 0.3 is 0 Å². The highest BCUT2D eigenvalue weighted by Gasteiger charge is 2.09. The summed E-state index contributed by atoms with van der Waals surface area (Å²) in [5.41, 5.74) is 1.25. The highest BCUT2D eigenvalue weighted by Crippen LogP contribution is 2.28. The molecule has 3 heteroatoms. The molecule has 1 heterocycles. The molecule has 2 aromatic carbocycles. The molecule has 3 nitrogen and oxygen atoms in total. The van der Waals surface area contributed by atoms with Crippen molar-refractivity contribution >= 4 is 10.8 Å². The van der Waals surface area contributed by atoms with Gasteiger partial charge in [0.25, 0.3) is 0 Å². The first-order valence-electron chi connectivity index (χ1n) is 5.23. The number of nitrogens with zero attached hydrogens (tertiary/aromatic N) is 2. The molecule has 0 amide bonds. The molecular formula is C14H8N2O. The van der Waals surface area contributed by atoms with Crippen molar-refractivity contribution in [3.63, 3.8) is 0 Å². The highest BCUT2D eigenvalue weighted by molar-refractivity contribution is 5.95. The van der Waals surface area contributed by atoms with Gasteiger partial charge in [-0.25, -0.2) is 0 Å². The second kappa shape index (κ2) is 3.76. The molecule has 0 fully saturated rings. The third-order valence-electron chi connectivity index (χ3n) is 2.68. The van der Waals surface area contributed by atoms with E-state index in [0.29, 0.717) is 11.5 Å². The van der Waals surface area contributed by atoms with Crippen LogP contribution in [0.2, 0.25) is 0 Å². The lowest BCUT2D eigenvalue weighted by atomic mass is 10.0. The van der Waals surface area contributed by atoms with Gasteiger partial charge in [0, 0.05) is 11.6 Å². The number of nitriles is 1. The average molecular weight is 220 g/mol. The molecule has 0 aliphatic heterocycles. The number of fused-ring (bicyclic) bond motifs is 1. The molecule has 0 N–H and O–H groups in total. The third kappa shape index (κ3) is 1.56. The van der Waals surface area contributed by atoms with Gasteiger partial charge in [-0.15, -0.1) is 0 Å². The molecular weight excluding hydrogens is 212 g/mol. The van der Waals surface area contributed by atoms with Gasteiger partial charge in [0.15, 0.2) is 11.5 Å². The molecule has 0 radical (unpaired) electrons. The minimum atomic E-state index is 0.299. The Morgan fingerprint density at radius 2 is 1.88 bits per heavy atom. The fraction of sp³-hybridized carbons (Fsp3) is 0. The van der Waals surface area contributed by atoms with Gasteiger partial charge in [-0.3, -0.25) is 0 Å². The summed E-state index contributed by atoms with van der Waals surface area (Å²) >= 11 is 0. The summed E-state index contributed by atoms with van der Waals surface area (Å²) in [6.07, 6.45) is 0. The molecule has 3 aromatic rings. The monoisotopic (exact) mass is 220 g/mol. The number of benzene rings is 2. The molecule has 0 bridgehead atoms. The van der Waals surface area contributed by atoms with E-state index >= 15 is 0 Å². The molecule has 1 aromatic heterocycles. The van der Waals surface area contributed by atoms with Crippen molar-refractivity contribution in [1.29, 1.82) is 5.26 Å². The molecule has 0 spiro atoms. The Morgan fingerprint density at radius 1 is 1.06 bits per heavy atom. The van der Waals surface area contributed by atoms with E-state index in [0.717, 1.165) is 16.3 Å². The van der Waals surface area contributed by atoms with Crippen molar-refractivity contribution in [2.24, 2.45) is 0 Å². The van der Waals surface area contributed by atoms with Gasteiger partial charge in [0.2, 0.25) is 0 Å². The Bertz CT molecular complexity index is 717. The lowest BCUT2D eigenvalue weighted by Gasteiger charge is -2.01. The summed E-state index contributed by atoms with van der Waals surface area (Å²) in [5, 5.41) is 14.7. The van der Waals surface area contributed by atoms with Crippen molar-refractivity contribution in [1.82, 2.24) is 5.16 Å². The second-order valence-electron chi connectivity index (χ2n) is 3.71. The molecule has 0 aliphatic rings. The first-order valence-corrected chi connectivity index (χ1v) is 5.23. The Morgan fingerprint density at radius 3 is 2.71 bits per heavy atom. The average Bonchev–Trinajstić information content (AvgIpc) is 2.87. The molecule has 80 valence electrons. The summed E-state index contributed by atoms with van der Waals surface area (Å²) in [7, 11) is 0. The van der Waals surface area contributed by atoms with Crippen LogP contribution in [0.25, 0.3) is 22.1 Å². The van der Waals surface area contributed by atoms with E-state index in [4.69, 9.17) is 9.78 Å². The summed E-state index contributed by atoms with van der Waals surface area (Å²) in [4.78, 5) is 0. The van der Waals surface area contributed by atoms with Gasteiger partial charge < -0.3 is 4.52 Å². The van der Waals surface area contributed by atoms with E-state index in [-0.39, 0.29) is 0 Å². The van der Waals surface area contributed by atoms with Gasteiger partial charge in [0.1, 0.15) is 6.07 Å². The highest BCUT2D eigenvalue weighted by atomic mass is 16.5. The maximum atomic E-state index is 8.74. The fourth-order valence-corrected chi connectivity index (χ4v) is 1.90. The smallest absolute Gasteiger partial charge is 0.184 e. The second-order valence-corrected chi connectivity index (χ2v) is 3.71. The number of hydrogen-bond acceptors (Lipinski definition) is 3. The Balaban J connectivity index is 2.27. The first kappa shape index (κ1) is 9.61. The maximum Gasteiger partial charge on any atom is 0.184 e. The predicted molar refractivity (Wildman–Crippen MR) is 64.2 cm³/mol. The van der Waals surface area contributed by atoms with E-state index in [2.05, 4.69) is 5.16 Å².